The lowest BCUT2D eigenvalue weighted by Gasteiger charge is -2.33. The van der Waals surface area contributed by atoms with Crippen molar-refractivity contribution in [3.05, 3.63) is 35.5 Å². The summed E-state index contributed by atoms with van der Waals surface area (Å²) in [5.41, 5.74) is 2.07. The Morgan fingerprint density at radius 1 is 1.30 bits per heavy atom. The minimum atomic E-state index is -0.0523. The van der Waals surface area contributed by atoms with E-state index in [-0.39, 0.29) is 11.8 Å². The maximum Gasteiger partial charge on any atom is 0.227 e. The molecule has 1 fully saturated rings. The molecule has 27 heavy (non-hydrogen) atoms. The summed E-state index contributed by atoms with van der Waals surface area (Å²) in [5.74, 6) is 2.41. The molecule has 0 aromatic carbocycles. The van der Waals surface area contributed by atoms with Crippen molar-refractivity contribution in [1.29, 1.82) is 0 Å². The smallest absolute Gasteiger partial charge is 0.227 e. The molecule has 0 saturated carbocycles. The van der Waals surface area contributed by atoms with Gasteiger partial charge in [-0.1, -0.05) is 6.92 Å². The predicted molar refractivity (Wildman–Crippen MR) is 105 cm³/mol. The number of carbonyl (C=O) groups excluding carboxylic acids is 1. The van der Waals surface area contributed by atoms with Crippen molar-refractivity contribution in [2.45, 2.75) is 46.6 Å². The quantitative estimate of drug-likeness (QED) is 0.845. The number of anilines is 1. The van der Waals surface area contributed by atoms with Gasteiger partial charge in [0.05, 0.1) is 18.2 Å². The highest BCUT2D eigenvalue weighted by molar-refractivity contribution is 5.78. The third-order valence-electron chi connectivity index (χ3n) is 5.23. The van der Waals surface area contributed by atoms with Crippen LogP contribution in [0.3, 0.4) is 0 Å². The van der Waals surface area contributed by atoms with Crippen LogP contribution in [0.25, 0.3) is 0 Å². The van der Waals surface area contributed by atoms with Crippen molar-refractivity contribution in [3.8, 4) is 0 Å². The van der Waals surface area contributed by atoms with E-state index in [0.717, 1.165) is 55.4 Å². The first-order valence-corrected chi connectivity index (χ1v) is 9.75. The number of likely N-dealkylation sites (tertiary alicyclic amines) is 1. The number of piperidine rings is 1. The summed E-state index contributed by atoms with van der Waals surface area (Å²) in [6, 6.07) is 4.00. The molecule has 2 aromatic heterocycles. The maximum atomic E-state index is 12.8. The van der Waals surface area contributed by atoms with E-state index in [0.29, 0.717) is 12.5 Å². The van der Waals surface area contributed by atoms with Gasteiger partial charge in [-0.3, -0.25) is 9.48 Å². The van der Waals surface area contributed by atoms with Gasteiger partial charge in [-0.15, -0.1) is 0 Å². The Morgan fingerprint density at radius 3 is 2.67 bits per heavy atom. The zero-order valence-electron chi connectivity index (χ0n) is 16.8. The van der Waals surface area contributed by atoms with Crippen LogP contribution in [-0.4, -0.2) is 50.7 Å². The van der Waals surface area contributed by atoms with Gasteiger partial charge in [-0.2, -0.15) is 5.10 Å². The Balaban J connectivity index is 1.50. The molecule has 1 atom stereocenters. The van der Waals surface area contributed by atoms with Crippen molar-refractivity contribution in [2.24, 2.45) is 11.8 Å². The molecule has 2 aromatic rings. The number of aryl methyl sites for hydroxylation is 2. The Bertz CT molecular complexity index is 779. The third-order valence-corrected chi connectivity index (χ3v) is 5.23. The zero-order valence-corrected chi connectivity index (χ0v) is 16.8. The van der Waals surface area contributed by atoms with Crippen molar-refractivity contribution in [3.63, 3.8) is 0 Å². The summed E-state index contributed by atoms with van der Waals surface area (Å²) in [5, 5.41) is 7.48. The zero-order chi connectivity index (χ0) is 19.4. The minimum absolute atomic E-state index is 0.0523. The molecule has 1 aliphatic rings. The fourth-order valence-electron chi connectivity index (χ4n) is 3.75. The van der Waals surface area contributed by atoms with E-state index in [2.05, 4.69) is 20.4 Å². The average Bonchev–Trinajstić information content (AvgIpc) is 3.06. The highest BCUT2D eigenvalue weighted by atomic mass is 16.2. The van der Waals surface area contributed by atoms with Crippen molar-refractivity contribution in [2.75, 3.05) is 25.5 Å². The first kappa shape index (κ1) is 19.3. The third kappa shape index (κ3) is 5.05. The first-order chi connectivity index (χ1) is 12.9. The molecular formula is C20H30N6O. The Labute approximate surface area is 161 Å². The van der Waals surface area contributed by atoms with Crippen LogP contribution >= 0.6 is 0 Å². The molecule has 1 amide bonds. The van der Waals surface area contributed by atoms with E-state index in [1.165, 1.54) is 0 Å². The summed E-state index contributed by atoms with van der Waals surface area (Å²) < 4.78 is 1.86. The second kappa shape index (κ2) is 8.50. The highest BCUT2D eigenvalue weighted by Crippen LogP contribution is 2.23. The van der Waals surface area contributed by atoms with Gasteiger partial charge in [0.1, 0.15) is 11.6 Å². The normalized spacial score (nSPS) is 16.4. The molecule has 1 saturated heterocycles. The van der Waals surface area contributed by atoms with Crippen molar-refractivity contribution < 1.29 is 4.79 Å². The summed E-state index contributed by atoms with van der Waals surface area (Å²) >= 11 is 0. The lowest BCUT2D eigenvalue weighted by Crippen LogP contribution is -2.42. The fourth-order valence-corrected chi connectivity index (χ4v) is 3.75. The Kier molecular flexibility index (Phi) is 6.08. The van der Waals surface area contributed by atoms with E-state index in [1.807, 2.05) is 55.7 Å². The molecule has 7 heteroatoms. The van der Waals surface area contributed by atoms with E-state index in [9.17, 15) is 4.79 Å². The van der Waals surface area contributed by atoms with Gasteiger partial charge in [0.15, 0.2) is 0 Å². The summed E-state index contributed by atoms with van der Waals surface area (Å²) in [7, 11) is 1.88. The SMILES string of the molecule is CNc1cc(CC2CCN(C(=O)C(C)Cn3ccc(C)n3)CC2)nc(C)n1. The molecule has 0 radical (unpaired) electrons. The molecule has 1 N–H and O–H groups in total. The van der Waals surface area contributed by atoms with Crippen molar-refractivity contribution in [1.82, 2.24) is 24.6 Å². The number of carbonyl (C=O) groups is 1. The number of rotatable bonds is 6. The molecule has 0 bridgehead atoms. The van der Waals surface area contributed by atoms with Gasteiger partial charge < -0.3 is 10.2 Å². The van der Waals surface area contributed by atoms with E-state index in [1.54, 1.807) is 0 Å². The molecule has 1 unspecified atom stereocenters. The standard InChI is InChI=1S/C20H30N6O/c1-14(13-26-10-5-15(2)24-26)20(27)25-8-6-17(7-9-25)11-18-12-19(21-4)23-16(3)22-18/h5,10,12,14,17H,6-9,11,13H2,1-4H3,(H,21,22,23). The van der Waals surface area contributed by atoms with E-state index >= 15 is 0 Å². The molecule has 0 aliphatic carbocycles. The Hall–Kier alpha value is -2.44. The Morgan fingerprint density at radius 2 is 2.04 bits per heavy atom. The minimum Gasteiger partial charge on any atom is -0.373 e. The van der Waals surface area contributed by atoms with Gasteiger partial charge in [0.25, 0.3) is 0 Å². The number of hydrogen-bond acceptors (Lipinski definition) is 5. The average molecular weight is 371 g/mol. The van der Waals surface area contributed by atoms with Gasteiger partial charge in [0.2, 0.25) is 5.91 Å². The van der Waals surface area contributed by atoms with Crippen LogP contribution in [0.1, 0.15) is 37.0 Å². The maximum absolute atomic E-state index is 12.8. The van der Waals surface area contributed by atoms with Crippen molar-refractivity contribution >= 4 is 11.7 Å². The van der Waals surface area contributed by atoms with Crippen LogP contribution in [0, 0.1) is 25.7 Å². The molecule has 3 rings (SSSR count). The van der Waals surface area contributed by atoms with E-state index in [4.69, 9.17) is 0 Å². The van der Waals surface area contributed by atoms with E-state index < -0.39 is 0 Å². The van der Waals surface area contributed by atoms with Crippen LogP contribution in [0.15, 0.2) is 18.3 Å². The van der Waals surface area contributed by atoms with Crippen LogP contribution < -0.4 is 5.32 Å². The van der Waals surface area contributed by atoms with Crippen LogP contribution in [0.4, 0.5) is 5.82 Å². The largest absolute Gasteiger partial charge is 0.373 e. The number of amides is 1. The van der Waals surface area contributed by atoms with Crippen LogP contribution in [-0.2, 0) is 17.8 Å². The van der Waals surface area contributed by atoms with Gasteiger partial charge in [-0.05, 0) is 45.1 Å². The number of nitrogens with one attached hydrogen (secondary N) is 1. The first-order valence-electron chi connectivity index (χ1n) is 9.75. The van der Waals surface area contributed by atoms with Gasteiger partial charge in [-0.25, -0.2) is 9.97 Å². The summed E-state index contributed by atoms with van der Waals surface area (Å²) in [4.78, 5) is 23.7. The predicted octanol–water partition coefficient (Wildman–Crippen LogP) is 2.45. The molecule has 0 spiro atoms. The highest BCUT2D eigenvalue weighted by Gasteiger charge is 2.26. The second-order valence-electron chi connectivity index (χ2n) is 7.59. The lowest BCUT2D eigenvalue weighted by molar-refractivity contribution is -0.136. The molecule has 7 nitrogen and oxygen atoms in total. The number of hydrogen-bond donors (Lipinski definition) is 1. The van der Waals surface area contributed by atoms with Crippen LogP contribution in [0.2, 0.25) is 0 Å². The van der Waals surface area contributed by atoms with Gasteiger partial charge >= 0.3 is 0 Å². The fraction of sp³-hybridized carbons (Fsp3) is 0.600. The molecule has 3 heterocycles. The molecular weight excluding hydrogens is 340 g/mol. The number of nitrogens with zero attached hydrogens (tertiary/aromatic N) is 5. The summed E-state index contributed by atoms with van der Waals surface area (Å²) in [6.07, 6.45) is 4.94. The topological polar surface area (TPSA) is 75.9 Å². The number of aromatic nitrogens is 4. The monoisotopic (exact) mass is 370 g/mol. The lowest BCUT2D eigenvalue weighted by atomic mass is 9.91. The molecule has 146 valence electrons. The second-order valence-corrected chi connectivity index (χ2v) is 7.59. The summed E-state index contributed by atoms with van der Waals surface area (Å²) in [6.45, 7) is 8.18. The van der Waals surface area contributed by atoms with Crippen LogP contribution in [0.5, 0.6) is 0 Å². The molecule has 1 aliphatic heterocycles. The van der Waals surface area contributed by atoms with Gasteiger partial charge in [0, 0.05) is 38.1 Å².